The Morgan fingerprint density at radius 2 is 1.62 bits per heavy atom. The zero-order valence-electron chi connectivity index (χ0n) is 11.1. The summed E-state index contributed by atoms with van der Waals surface area (Å²) in [6, 6.07) is 11.1. The standard InChI is InChI=1S/C10H15N.C4H10S/c1-9(11-2)8-10-6-4-3-5-7-10;1-4(2,3)5/h3-7,9,11H,8H2,1-2H3;5H,1-3H3/t9-;/m0./s1. The van der Waals surface area contributed by atoms with Crippen LogP contribution in [0.5, 0.6) is 0 Å². The van der Waals surface area contributed by atoms with Crippen LogP contribution in [-0.4, -0.2) is 17.8 Å². The molecular formula is C14H25NS. The predicted octanol–water partition coefficient (Wildman–Crippen LogP) is 3.55. The molecule has 0 aliphatic heterocycles. The van der Waals surface area contributed by atoms with Crippen LogP contribution in [0.2, 0.25) is 0 Å². The van der Waals surface area contributed by atoms with Crippen LogP contribution in [0.15, 0.2) is 30.3 Å². The molecule has 1 N–H and O–H groups in total. The van der Waals surface area contributed by atoms with Gasteiger partial charge in [-0.3, -0.25) is 0 Å². The first-order chi connectivity index (χ1) is 7.33. The summed E-state index contributed by atoms with van der Waals surface area (Å²) in [5.74, 6) is 0. The minimum atomic E-state index is 0.194. The van der Waals surface area contributed by atoms with Crippen molar-refractivity contribution in [1.82, 2.24) is 5.32 Å². The zero-order chi connectivity index (χ0) is 12.6. The van der Waals surface area contributed by atoms with E-state index in [1.54, 1.807) is 0 Å². The van der Waals surface area contributed by atoms with E-state index in [0.717, 1.165) is 6.42 Å². The van der Waals surface area contributed by atoms with Crippen molar-refractivity contribution in [1.29, 1.82) is 0 Å². The molecule has 1 rings (SSSR count). The number of rotatable bonds is 3. The molecule has 2 heteroatoms. The van der Waals surface area contributed by atoms with Crippen molar-refractivity contribution in [2.24, 2.45) is 0 Å². The highest BCUT2D eigenvalue weighted by Crippen LogP contribution is 2.07. The summed E-state index contributed by atoms with van der Waals surface area (Å²) >= 11 is 4.12. The zero-order valence-corrected chi connectivity index (χ0v) is 12.0. The van der Waals surface area contributed by atoms with Crippen molar-refractivity contribution in [2.45, 2.75) is 44.9 Å². The maximum absolute atomic E-state index is 4.12. The summed E-state index contributed by atoms with van der Waals surface area (Å²) < 4.78 is 0.194. The molecule has 1 nitrogen and oxygen atoms in total. The third-order valence-electron chi connectivity index (χ3n) is 1.88. The third-order valence-corrected chi connectivity index (χ3v) is 1.88. The van der Waals surface area contributed by atoms with Crippen LogP contribution < -0.4 is 5.32 Å². The summed E-state index contributed by atoms with van der Waals surface area (Å²) in [6.07, 6.45) is 1.11. The van der Waals surface area contributed by atoms with Crippen LogP contribution in [0.3, 0.4) is 0 Å². The molecule has 0 radical (unpaired) electrons. The van der Waals surface area contributed by atoms with Crippen LogP contribution >= 0.6 is 12.6 Å². The molecule has 0 unspecified atom stereocenters. The number of hydrogen-bond donors (Lipinski definition) is 2. The van der Waals surface area contributed by atoms with Gasteiger partial charge in [-0.05, 0) is 26.0 Å². The normalized spacial score (nSPS) is 12.6. The van der Waals surface area contributed by atoms with Crippen LogP contribution in [0.4, 0.5) is 0 Å². The fraction of sp³-hybridized carbons (Fsp3) is 0.571. The van der Waals surface area contributed by atoms with Gasteiger partial charge in [0, 0.05) is 10.8 Å². The molecule has 0 saturated heterocycles. The summed E-state index contributed by atoms with van der Waals surface area (Å²) in [7, 11) is 1.99. The molecular weight excluding hydrogens is 214 g/mol. The summed E-state index contributed by atoms with van der Waals surface area (Å²) in [6.45, 7) is 8.34. The molecule has 0 saturated carbocycles. The number of likely N-dealkylation sites (N-methyl/N-ethyl adjacent to an activating group) is 1. The maximum atomic E-state index is 4.12. The van der Waals surface area contributed by atoms with E-state index < -0.39 is 0 Å². The molecule has 16 heavy (non-hydrogen) atoms. The molecule has 0 heterocycles. The highest BCUT2D eigenvalue weighted by molar-refractivity contribution is 7.81. The summed E-state index contributed by atoms with van der Waals surface area (Å²) in [5.41, 5.74) is 1.40. The molecule has 1 aromatic carbocycles. The largest absolute Gasteiger partial charge is 0.317 e. The summed E-state index contributed by atoms with van der Waals surface area (Å²) in [4.78, 5) is 0. The Hall–Kier alpha value is -0.470. The smallest absolute Gasteiger partial charge is 0.00761 e. The molecule has 0 aliphatic carbocycles. The van der Waals surface area contributed by atoms with Crippen LogP contribution in [0.25, 0.3) is 0 Å². The maximum Gasteiger partial charge on any atom is 0.00761 e. The molecule has 1 aromatic rings. The molecule has 1 atom stereocenters. The van der Waals surface area contributed by atoms with Gasteiger partial charge < -0.3 is 5.32 Å². The molecule has 0 bridgehead atoms. The molecule has 0 aromatic heterocycles. The van der Waals surface area contributed by atoms with Crippen molar-refractivity contribution in [3.05, 3.63) is 35.9 Å². The second-order valence-corrected chi connectivity index (χ2v) is 6.39. The predicted molar refractivity (Wildman–Crippen MR) is 77.4 cm³/mol. The van der Waals surface area contributed by atoms with Crippen molar-refractivity contribution in [3.8, 4) is 0 Å². The fourth-order valence-corrected chi connectivity index (χ4v) is 1.07. The lowest BCUT2D eigenvalue weighted by atomic mass is 10.1. The van der Waals surface area contributed by atoms with E-state index in [0.29, 0.717) is 6.04 Å². The van der Waals surface area contributed by atoms with Crippen LogP contribution in [0.1, 0.15) is 33.3 Å². The first-order valence-corrected chi connectivity index (χ1v) is 6.21. The molecule has 92 valence electrons. The van der Waals surface area contributed by atoms with Gasteiger partial charge in [-0.25, -0.2) is 0 Å². The molecule has 0 fully saturated rings. The van der Waals surface area contributed by atoms with E-state index in [4.69, 9.17) is 0 Å². The van der Waals surface area contributed by atoms with Gasteiger partial charge in [-0.1, -0.05) is 51.1 Å². The number of thiol groups is 1. The average molecular weight is 239 g/mol. The Balaban J connectivity index is 0.000000385. The van der Waals surface area contributed by atoms with Gasteiger partial charge in [0.1, 0.15) is 0 Å². The Bertz CT molecular complexity index is 258. The quantitative estimate of drug-likeness (QED) is 0.769. The Kier molecular flexibility index (Phi) is 7.52. The minimum absolute atomic E-state index is 0.194. The van der Waals surface area contributed by atoms with Crippen molar-refractivity contribution >= 4 is 12.6 Å². The van der Waals surface area contributed by atoms with Gasteiger partial charge in [-0.15, -0.1) is 0 Å². The highest BCUT2D eigenvalue weighted by atomic mass is 32.1. The Labute approximate surface area is 106 Å². The Morgan fingerprint density at radius 3 is 2.00 bits per heavy atom. The number of nitrogens with one attached hydrogen (secondary N) is 1. The lowest BCUT2D eigenvalue weighted by Crippen LogP contribution is -2.23. The third kappa shape index (κ3) is 11.6. The van der Waals surface area contributed by atoms with Gasteiger partial charge in [0.2, 0.25) is 0 Å². The first-order valence-electron chi connectivity index (χ1n) is 5.76. The van der Waals surface area contributed by atoms with E-state index in [2.05, 4.69) is 69.9 Å². The Morgan fingerprint density at radius 1 is 1.19 bits per heavy atom. The van der Waals surface area contributed by atoms with Crippen LogP contribution in [-0.2, 0) is 6.42 Å². The van der Waals surface area contributed by atoms with Gasteiger partial charge in [0.05, 0.1) is 0 Å². The fourth-order valence-electron chi connectivity index (χ4n) is 1.07. The number of benzene rings is 1. The molecule has 0 spiro atoms. The second kappa shape index (κ2) is 7.75. The van der Waals surface area contributed by atoms with E-state index in [1.807, 2.05) is 13.1 Å². The van der Waals surface area contributed by atoms with Crippen molar-refractivity contribution in [3.63, 3.8) is 0 Å². The molecule has 0 amide bonds. The van der Waals surface area contributed by atoms with Gasteiger partial charge in [-0.2, -0.15) is 12.6 Å². The first kappa shape index (κ1) is 15.5. The molecule has 0 aliphatic rings. The monoisotopic (exact) mass is 239 g/mol. The van der Waals surface area contributed by atoms with E-state index in [-0.39, 0.29) is 4.75 Å². The van der Waals surface area contributed by atoms with Gasteiger partial charge >= 0.3 is 0 Å². The highest BCUT2D eigenvalue weighted by Gasteiger charge is 1.98. The lowest BCUT2D eigenvalue weighted by molar-refractivity contribution is 0.608. The van der Waals surface area contributed by atoms with Crippen molar-refractivity contribution in [2.75, 3.05) is 7.05 Å². The van der Waals surface area contributed by atoms with Crippen molar-refractivity contribution < 1.29 is 0 Å². The van der Waals surface area contributed by atoms with Crippen LogP contribution in [0, 0.1) is 0 Å². The van der Waals surface area contributed by atoms with Gasteiger partial charge in [0.25, 0.3) is 0 Å². The number of hydrogen-bond acceptors (Lipinski definition) is 2. The van der Waals surface area contributed by atoms with E-state index >= 15 is 0 Å². The van der Waals surface area contributed by atoms with E-state index in [9.17, 15) is 0 Å². The topological polar surface area (TPSA) is 12.0 Å². The SMILES string of the molecule is CC(C)(C)S.CN[C@@H](C)Cc1ccccc1. The average Bonchev–Trinajstić information content (AvgIpc) is 2.16. The summed E-state index contributed by atoms with van der Waals surface area (Å²) in [5, 5.41) is 3.21. The second-order valence-electron chi connectivity index (χ2n) is 5.05. The van der Waals surface area contributed by atoms with E-state index in [1.165, 1.54) is 5.56 Å². The minimum Gasteiger partial charge on any atom is -0.317 e. The lowest BCUT2D eigenvalue weighted by Gasteiger charge is -2.08. The van der Waals surface area contributed by atoms with Gasteiger partial charge in [0.15, 0.2) is 0 Å².